The van der Waals surface area contributed by atoms with Gasteiger partial charge in [0.2, 0.25) is 0 Å². The van der Waals surface area contributed by atoms with E-state index in [-0.39, 0.29) is 0 Å². The first-order chi connectivity index (χ1) is 7.19. The Labute approximate surface area is 93.2 Å². The molecule has 0 saturated heterocycles. The zero-order valence-electron chi connectivity index (χ0n) is 8.87. The third kappa shape index (κ3) is 1.43. The molecule has 0 aliphatic carbocycles. The van der Waals surface area contributed by atoms with E-state index >= 15 is 0 Å². The standard InChI is InChI=1S/C11H12ClNO2/c1-13-5-4-7-6-8(12)10(14-2)11(15-3)9(7)13/h4-6H,1-3H3. The molecule has 1 aromatic carbocycles. The van der Waals surface area contributed by atoms with Crippen molar-refractivity contribution in [1.29, 1.82) is 0 Å². The molecule has 0 N–H and O–H groups in total. The summed E-state index contributed by atoms with van der Waals surface area (Å²) in [6.45, 7) is 0. The molecule has 1 heterocycles. The Morgan fingerprint density at radius 1 is 1.20 bits per heavy atom. The topological polar surface area (TPSA) is 23.4 Å². The van der Waals surface area contributed by atoms with Gasteiger partial charge >= 0.3 is 0 Å². The predicted octanol–water partition coefficient (Wildman–Crippen LogP) is 2.85. The van der Waals surface area contributed by atoms with Gasteiger partial charge in [0.25, 0.3) is 0 Å². The highest BCUT2D eigenvalue weighted by Crippen LogP contribution is 2.41. The maximum Gasteiger partial charge on any atom is 0.186 e. The number of fused-ring (bicyclic) bond motifs is 1. The monoisotopic (exact) mass is 225 g/mol. The highest BCUT2D eigenvalue weighted by atomic mass is 35.5. The van der Waals surface area contributed by atoms with E-state index in [2.05, 4.69) is 0 Å². The summed E-state index contributed by atoms with van der Waals surface area (Å²) in [5.74, 6) is 1.25. The summed E-state index contributed by atoms with van der Waals surface area (Å²) in [6.07, 6.45) is 1.96. The van der Waals surface area contributed by atoms with Gasteiger partial charge in [0.15, 0.2) is 11.5 Å². The van der Waals surface area contributed by atoms with E-state index in [4.69, 9.17) is 21.1 Å². The second kappa shape index (κ2) is 3.66. The minimum absolute atomic E-state index is 0.563. The molecule has 0 radical (unpaired) electrons. The van der Waals surface area contributed by atoms with Crippen LogP contribution in [0.1, 0.15) is 0 Å². The number of nitrogens with zero attached hydrogens (tertiary/aromatic N) is 1. The molecule has 0 bridgehead atoms. The average Bonchev–Trinajstić information content (AvgIpc) is 2.58. The van der Waals surface area contributed by atoms with Crippen LogP contribution >= 0.6 is 11.6 Å². The number of hydrogen-bond donors (Lipinski definition) is 0. The fourth-order valence-corrected chi connectivity index (χ4v) is 2.04. The molecule has 2 aromatic rings. The van der Waals surface area contributed by atoms with Crippen LogP contribution in [0.2, 0.25) is 5.02 Å². The van der Waals surface area contributed by atoms with Gasteiger partial charge in [0.05, 0.1) is 24.8 Å². The van der Waals surface area contributed by atoms with Gasteiger partial charge in [0.1, 0.15) is 0 Å². The van der Waals surface area contributed by atoms with E-state index < -0.39 is 0 Å². The van der Waals surface area contributed by atoms with Crippen molar-refractivity contribution in [2.45, 2.75) is 0 Å². The summed E-state index contributed by atoms with van der Waals surface area (Å²) in [5, 5.41) is 1.60. The van der Waals surface area contributed by atoms with Crippen LogP contribution in [0.25, 0.3) is 10.9 Å². The maximum absolute atomic E-state index is 6.08. The lowest BCUT2D eigenvalue weighted by molar-refractivity contribution is 0.357. The first-order valence-electron chi connectivity index (χ1n) is 4.54. The van der Waals surface area contributed by atoms with Gasteiger partial charge in [-0.2, -0.15) is 0 Å². The fraction of sp³-hybridized carbons (Fsp3) is 0.273. The Morgan fingerprint density at radius 2 is 1.87 bits per heavy atom. The molecule has 4 heteroatoms. The van der Waals surface area contributed by atoms with Crippen LogP contribution in [0.15, 0.2) is 18.3 Å². The molecule has 0 aliphatic heterocycles. The number of methoxy groups -OCH3 is 2. The van der Waals surface area contributed by atoms with E-state index in [1.807, 2.05) is 29.9 Å². The Bertz CT molecular complexity index is 505. The van der Waals surface area contributed by atoms with E-state index in [0.717, 1.165) is 10.9 Å². The van der Waals surface area contributed by atoms with E-state index in [1.165, 1.54) is 0 Å². The molecule has 0 saturated carbocycles. The van der Waals surface area contributed by atoms with Gasteiger partial charge in [0, 0.05) is 18.6 Å². The van der Waals surface area contributed by atoms with Gasteiger partial charge in [-0.05, 0) is 12.1 Å². The van der Waals surface area contributed by atoms with Crippen LogP contribution in [-0.4, -0.2) is 18.8 Å². The Hall–Kier alpha value is -1.35. The van der Waals surface area contributed by atoms with Crippen LogP contribution in [0.5, 0.6) is 11.5 Å². The second-order valence-corrected chi connectivity index (χ2v) is 3.70. The molecule has 0 aliphatic rings. The number of rotatable bonds is 2. The number of aryl methyl sites for hydroxylation is 1. The fourth-order valence-electron chi connectivity index (χ4n) is 1.75. The molecule has 0 fully saturated rings. The number of ether oxygens (including phenoxy) is 2. The molecule has 0 spiro atoms. The number of benzene rings is 1. The van der Waals surface area contributed by atoms with Gasteiger partial charge in [-0.25, -0.2) is 0 Å². The first-order valence-corrected chi connectivity index (χ1v) is 4.92. The van der Waals surface area contributed by atoms with Crippen molar-refractivity contribution in [2.75, 3.05) is 14.2 Å². The summed E-state index contributed by atoms with van der Waals surface area (Å²) >= 11 is 6.08. The summed E-state index contributed by atoms with van der Waals surface area (Å²) in [7, 11) is 5.15. The Balaban J connectivity index is 2.88. The Kier molecular flexibility index (Phi) is 2.49. The van der Waals surface area contributed by atoms with Crippen molar-refractivity contribution in [2.24, 2.45) is 7.05 Å². The van der Waals surface area contributed by atoms with Gasteiger partial charge < -0.3 is 14.0 Å². The molecule has 1 aromatic heterocycles. The smallest absolute Gasteiger partial charge is 0.186 e. The summed E-state index contributed by atoms with van der Waals surface area (Å²) in [4.78, 5) is 0. The third-order valence-corrected chi connectivity index (χ3v) is 2.71. The number of aromatic nitrogens is 1. The van der Waals surface area contributed by atoms with Crippen LogP contribution in [-0.2, 0) is 7.05 Å². The highest BCUT2D eigenvalue weighted by Gasteiger charge is 2.15. The van der Waals surface area contributed by atoms with Gasteiger partial charge in [-0.15, -0.1) is 0 Å². The van der Waals surface area contributed by atoms with Gasteiger partial charge in [-0.3, -0.25) is 0 Å². The molecule has 2 rings (SSSR count). The quantitative estimate of drug-likeness (QED) is 0.785. The molecule has 15 heavy (non-hydrogen) atoms. The zero-order chi connectivity index (χ0) is 11.0. The zero-order valence-corrected chi connectivity index (χ0v) is 9.63. The highest BCUT2D eigenvalue weighted by molar-refractivity contribution is 6.33. The van der Waals surface area contributed by atoms with Crippen molar-refractivity contribution < 1.29 is 9.47 Å². The lowest BCUT2D eigenvalue weighted by Gasteiger charge is -2.11. The minimum atomic E-state index is 0.563. The van der Waals surface area contributed by atoms with E-state index in [9.17, 15) is 0 Å². The molecular formula is C11H12ClNO2. The van der Waals surface area contributed by atoms with E-state index in [0.29, 0.717) is 16.5 Å². The molecule has 0 amide bonds. The average molecular weight is 226 g/mol. The van der Waals surface area contributed by atoms with Crippen molar-refractivity contribution in [3.63, 3.8) is 0 Å². The molecular weight excluding hydrogens is 214 g/mol. The Morgan fingerprint density at radius 3 is 2.47 bits per heavy atom. The second-order valence-electron chi connectivity index (χ2n) is 3.29. The SMILES string of the molecule is COc1c(Cl)cc2ccn(C)c2c1OC. The molecule has 3 nitrogen and oxygen atoms in total. The first kappa shape index (κ1) is 10.2. The minimum Gasteiger partial charge on any atom is -0.491 e. The molecule has 0 atom stereocenters. The lowest BCUT2D eigenvalue weighted by Crippen LogP contribution is -1.95. The van der Waals surface area contributed by atoms with Crippen molar-refractivity contribution in [3.05, 3.63) is 23.4 Å². The maximum atomic E-state index is 6.08. The largest absolute Gasteiger partial charge is 0.491 e. The summed E-state index contributed by atoms with van der Waals surface area (Å²) in [5.41, 5.74) is 0.985. The third-order valence-electron chi connectivity index (χ3n) is 2.43. The summed E-state index contributed by atoms with van der Waals surface area (Å²) < 4.78 is 12.5. The molecule has 80 valence electrons. The lowest BCUT2D eigenvalue weighted by atomic mass is 10.2. The number of halogens is 1. The van der Waals surface area contributed by atoms with Gasteiger partial charge in [-0.1, -0.05) is 11.6 Å². The van der Waals surface area contributed by atoms with Crippen LogP contribution < -0.4 is 9.47 Å². The number of hydrogen-bond acceptors (Lipinski definition) is 2. The van der Waals surface area contributed by atoms with E-state index in [1.54, 1.807) is 14.2 Å². The van der Waals surface area contributed by atoms with Crippen LogP contribution in [0.3, 0.4) is 0 Å². The van der Waals surface area contributed by atoms with Crippen LogP contribution in [0, 0.1) is 0 Å². The summed E-state index contributed by atoms with van der Waals surface area (Å²) in [6, 6.07) is 3.86. The predicted molar refractivity (Wildman–Crippen MR) is 61.0 cm³/mol. The molecule has 0 unspecified atom stereocenters. The van der Waals surface area contributed by atoms with Crippen LogP contribution in [0.4, 0.5) is 0 Å². The normalized spacial score (nSPS) is 10.7. The van der Waals surface area contributed by atoms with Crippen molar-refractivity contribution in [3.8, 4) is 11.5 Å². The van der Waals surface area contributed by atoms with Crippen molar-refractivity contribution >= 4 is 22.5 Å². The van der Waals surface area contributed by atoms with Crippen molar-refractivity contribution in [1.82, 2.24) is 4.57 Å².